The molecule has 2 saturated heterocycles. The quantitative estimate of drug-likeness (QED) is 0.854. The fraction of sp³-hybridized carbons (Fsp3) is 0.938. The molecule has 2 aliphatic rings. The molecule has 0 aromatic heterocycles. The Labute approximate surface area is 123 Å². The van der Waals surface area contributed by atoms with Crippen LogP contribution in [0.4, 0.5) is 0 Å². The van der Waals surface area contributed by atoms with E-state index in [4.69, 9.17) is 0 Å². The first-order chi connectivity index (χ1) is 9.58. The molecule has 1 N–H and O–H groups in total. The first-order valence-electron chi connectivity index (χ1n) is 8.19. The number of piperidine rings is 2. The third-order valence-corrected chi connectivity index (χ3v) is 5.50. The zero-order valence-corrected chi connectivity index (χ0v) is 13.1. The van der Waals surface area contributed by atoms with E-state index in [2.05, 4.69) is 18.7 Å². The van der Waals surface area contributed by atoms with Gasteiger partial charge in [-0.05, 0) is 56.5 Å². The molecule has 0 saturated carbocycles. The molecule has 1 amide bonds. The van der Waals surface area contributed by atoms with Gasteiger partial charge in [-0.15, -0.1) is 0 Å². The van der Waals surface area contributed by atoms with Gasteiger partial charge in [-0.2, -0.15) is 0 Å². The van der Waals surface area contributed by atoms with E-state index in [0.717, 1.165) is 64.2 Å². The third kappa shape index (κ3) is 3.73. The van der Waals surface area contributed by atoms with Crippen molar-refractivity contribution < 1.29 is 9.90 Å². The van der Waals surface area contributed by atoms with Crippen LogP contribution in [0.1, 0.15) is 46.0 Å². The van der Waals surface area contributed by atoms with Crippen LogP contribution < -0.4 is 0 Å². The second-order valence-electron chi connectivity index (χ2n) is 6.85. The molecule has 2 aliphatic heterocycles. The first kappa shape index (κ1) is 15.8. The molecule has 4 heteroatoms. The van der Waals surface area contributed by atoms with Crippen molar-refractivity contribution in [2.75, 3.05) is 39.3 Å². The van der Waals surface area contributed by atoms with E-state index in [-0.39, 0.29) is 12.0 Å². The highest BCUT2D eigenvalue weighted by Crippen LogP contribution is 2.34. The predicted octanol–water partition coefficient (Wildman–Crippen LogP) is 1.73. The Morgan fingerprint density at radius 1 is 1.20 bits per heavy atom. The normalized spacial score (nSPS) is 24.9. The van der Waals surface area contributed by atoms with Crippen molar-refractivity contribution in [2.24, 2.45) is 11.3 Å². The Kier molecular flexibility index (Phi) is 5.44. The minimum Gasteiger partial charge on any atom is -0.396 e. The number of carbonyl (C=O) groups is 1. The summed E-state index contributed by atoms with van der Waals surface area (Å²) in [7, 11) is 0. The van der Waals surface area contributed by atoms with Gasteiger partial charge in [-0.1, -0.05) is 13.8 Å². The first-order valence-corrected chi connectivity index (χ1v) is 8.19. The summed E-state index contributed by atoms with van der Waals surface area (Å²) >= 11 is 0. The summed E-state index contributed by atoms with van der Waals surface area (Å²) in [6.45, 7) is 9.05. The molecule has 2 rings (SSSR count). The maximum atomic E-state index is 12.3. The van der Waals surface area contributed by atoms with E-state index in [1.165, 1.54) is 0 Å². The summed E-state index contributed by atoms with van der Waals surface area (Å²) in [6, 6.07) is 0. The average Bonchev–Trinajstić information content (AvgIpc) is 2.49. The largest absolute Gasteiger partial charge is 0.396 e. The Bertz CT molecular complexity index is 310. The molecule has 2 heterocycles. The van der Waals surface area contributed by atoms with Crippen LogP contribution in [0.5, 0.6) is 0 Å². The molecule has 20 heavy (non-hydrogen) atoms. The van der Waals surface area contributed by atoms with E-state index in [1.807, 2.05) is 4.90 Å². The van der Waals surface area contributed by atoms with Crippen LogP contribution in [-0.4, -0.2) is 60.1 Å². The molecule has 0 bridgehead atoms. The fourth-order valence-corrected chi connectivity index (χ4v) is 3.36. The van der Waals surface area contributed by atoms with Gasteiger partial charge >= 0.3 is 0 Å². The van der Waals surface area contributed by atoms with Gasteiger partial charge in [0.2, 0.25) is 5.91 Å². The Balaban J connectivity index is 1.76. The highest BCUT2D eigenvalue weighted by atomic mass is 16.3. The van der Waals surface area contributed by atoms with Crippen molar-refractivity contribution in [1.29, 1.82) is 0 Å². The van der Waals surface area contributed by atoms with E-state index < -0.39 is 0 Å². The van der Waals surface area contributed by atoms with Crippen LogP contribution in [0.15, 0.2) is 0 Å². The maximum absolute atomic E-state index is 12.3. The number of amides is 1. The number of nitrogens with zero attached hydrogens (tertiary/aromatic N) is 2. The average molecular weight is 282 g/mol. The van der Waals surface area contributed by atoms with E-state index in [1.54, 1.807) is 0 Å². The van der Waals surface area contributed by atoms with Crippen molar-refractivity contribution in [1.82, 2.24) is 9.80 Å². The van der Waals surface area contributed by atoms with Crippen molar-refractivity contribution in [3.8, 4) is 0 Å². The second kappa shape index (κ2) is 6.90. The number of hydrogen-bond donors (Lipinski definition) is 1. The van der Waals surface area contributed by atoms with Crippen molar-refractivity contribution >= 4 is 5.91 Å². The van der Waals surface area contributed by atoms with Crippen LogP contribution in [-0.2, 0) is 4.79 Å². The lowest BCUT2D eigenvalue weighted by Gasteiger charge is -2.40. The van der Waals surface area contributed by atoms with Crippen molar-refractivity contribution in [3.05, 3.63) is 0 Å². The topological polar surface area (TPSA) is 43.8 Å². The molecular weight excluding hydrogens is 252 g/mol. The molecule has 0 atom stereocenters. The van der Waals surface area contributed by atoms with Gasteiger partial charge in [0.25, 0.3) is 0 Å². The zero-order valence-electron chi connectivity index (χ0n) is 13.1. The minimum absolute atomic E-state index is 0.111. The van der Waals surface area contributed by atoms with Crippen LogP contribution in [0.3, 0.4) is 0 Å². The summed E-state index contributed by atoms with van der Waals surface area (Å²) in [5.41, 5.74) is 0.111. The summed E-state index contributed by atoms with van der Waals surface area (Å²) in [5, 5.41) is 9.54. The number of aliphatic hydroxyl groups excluding tert-OH is 1. The highest BCUT2D eigenvalue weighted by Gasteiger charge is 2.33. The maximum Gasteiger partial charge on any atom is 0.236 e. The lowest BCUT2D eigenvalue weighted by atomic mass is 9.77. The summed E-state index contributed by atoms with van der Waals surface area (Å²) in [5.74, 6) is 1.06. The number of likely N-dealkylation sites (tertiary alicyclic amines) is 2. The number of carbonyl (C=O) groups excluding carboxylic acids is 1. The molecule has 0 aromatic carbocycles. The Morgan fingerprint density at radius 3 is 2.30 bits per heavy atom. The van der Waals surface area contributed by atoms with Gasteiger partial charge in [-0.3, -0.25) is 9.69 Å². The van der Waals surface area contributed by atoms with Crippen LogP contribution >= 0.6 is 0 Å². The molecular formula is C16H30N2O2. The van der Waals surface area contributed by atoms with Crippen molar-refractivity contribution in [3.63, 3.8) is 0 Å². The summed E-state index contributed by atoms with van der Waals surface area (Å²) in [6.07, 6.45) is 5.37. The lowest BCUT2D eigenvalue weighted by Crippen LogP contribution is -2.48. The van der Waals surface area contributed by atoms with Gasteiger partial charge < -0.3 is 10.0 Å². The number of hydrogen-bond acceptors (Lipinski definition) is 3. The van der Waals surface area contributed by atoms with Gasteiger partial charge in [-0.25, -0.2) is 0 Å². The van der Waals surface area contributed by atoms with Gasteiger partial charge in [0.05, 0.1) is 6.54 Å². The zero-order chi connectivity index (χ0) is 14.6. The minimum atomic E-state index is 0.111. The number of rotatable bonds is 4. The molecule has 0 radical (unpaired) electrons. The highest BCUT2D eigenvalue weighted by molar-refractivity contribution is 5.78. The van der Waals surface area contributed by atoms with E-state index >= 15 is 0 Å². The van der Waals surface area contributed by atoms with E-state index in [9.17, 15) is 9.90 Å². The smallest absolute Gasteiger partial charge is 0.236 e. The summed E-state index contributed by atoms with van der Waals surface area (Å²) in [4.78, 5) is 16.6. The molecule has 116 valence electrons. The van der Waals surface area contributed by atoms with Crippen LogP contribution in [0.25, 0.3) is 0 Å². The monoisotopic (exact) mass is 282 g/mol. The molecule has 2 fully saturated rings. The Hall–Kier alpha value is -0.610. The molecule has 0 aliphatic carbocycles. The van der Waals surface area contributed by atoms with Gasteiger partial charge in [0.15, 0.2) is 0 Å². The second-order valence-corrected chi connectivity index (χ2v) is 6.85. The number of aliphatic hydroxyl groups is 1. The van der Waals surface area contributed by atoms with Gasteiger partial charge in [0.1, 0.15) is 0 Å². The molecule has 4 nitrogen and oxygen atoms in total. The Morgan fingerprint density at radius 2 is 1.80 bits per heavy atom. The molecule has 0 spiro atoms. The molecule has 0 aromatic rings. The SMILES string of the molecule is CCC1(CO)CCN(CC(=O)N2CCC(C)CC2)CC1. The third-order valence-electron chi connectivity index (χ3n) is 5.50. The molecule has 0 unspecified atom stereocenters. The standard InChI is InChI=1S/C16H30N2O2/c1-3-16(13-19)6-10-17(11-7-16)12-15(20)18-8-4-14(2)5-9-18/h14,19H,3-13H2,1-2H3. The fourth-order valence-electron chi connectivity index (χ4n) is 3.36. The summed E-state index contributed by atoms with van der Waals surface area (Å²) < 4.78 is 0. The lowest BCUT2D eigenvalue weighted by molar-refractivity contribution is -0.134. The van der Waals surface area contributed by atoms with Gasteiger partial charge in [0, 0.05) is 19.7 Å². The van der Waals surface area contributed by atoms with Crippen LogP contribution in [0.2, 0.25) is 0 Å². The van der Waals surface area contributed by atoms with Crippen molar-refractivity contribution in [2.45, 2.75) is 46.0 Å². The predicted molar refractivity (Wildman–Crippen MR) is 80.5 cm³/mol. The van der Waals surface area contributed by atoms with E-state index in [0.29, 0.717) is 12.5 Å². The van der Waals surface area contributed by atoms with Crippen LogP contribution in [0, 0.1) is 11.3 Å².